The fraction of sp³-hybridized carbons (Fsp3) is 0.577. The summed E-state index contributed by atoms with van der Waals surface area (Å²) in [4.78, 5) is 36.4. The first-order chi connectivity index (χ1) is 16.3. The lowest BCUT2D eigenvalue weighted by molar-refractivity contribution is -0.137. The van der Waals surface area contributed by atoms with E-state index in [2.05, 4.69) is 5.32 Å². The number of likely N-dealkylation sites (tertiary alicyclic amines) is 1. The number of benzene rings is 1. The highest BCUT2D eigenvalue weighted by Gasteiger charge is 2.52. The number of carbonyl (C=O) groups excluding carboxylic acids is 1. The van der Waals surface area contributed by atoms with E-state index in [1.807, 2.05) is 24.0 Å². The fourth-order valence-corrected chi connectivity index (χ4v) is 6.37. The average Bonchev–Trinajstić information content (AvgIpc) is 3.52. The topological polar surface area (TPSA) is 109 Å². The summed E-state index contributed by atoms with van der Waals surface area (Å²) in [7, 11) is 0. The maximum atomic E-state index is 13.0. The lowest BCUT2D eigenvalue weighted by Crippen LogP contribution is -2.41. The minimum absolute atomic E-state index is 0.0517. The molecule has 1 aromatic heterocycles. The first-order valence-corrected chi connectivity index (χ1v) is 12.3. The molecule has 8 nitrogen and oxygen atoms in total. The molecule has 2 bridgehead atoms. The predicted octanol–water partition coefficient (Wildman–Crippen LogP) is 2.74. The summed E-state index contributed by atoms with van der Waals surface area (Å²) in [5, 5.41) is 12.1. The van der Waals surface area contributed by atoms with E-state index in [0.29, 0.717) is 35.3 Å². The summed E-state index contributed by atoms with van der Waals surface area (Å²) in [6, 6.07) is 6.80. The molecule has 2 aromatic rings. The van der Waals surface area contributed by atoms with Crippen molar-refractivity contribution in [2.24, 2.45) is 11.8 Å². The third-order valence-electron chi connectivity index (χ3n) is 7.83. The third kappa shape index (κ3) is 4.19. The van der Waals surface area contributed by atoms with Crippen LogP contribution >= 0.6 is 0 Å². The molecule has 5 atom stereocenters. The van der Waals surface area contributed by atoms with E-state index in [1.54, 1.807) is 6.07 Å². The van der Waals surface area contributed by atoms with Crippen molar-refractivity contribution in [1.29, 1.82) is 0 Å². The van der Waals surface area contributed by atoms with Crippen LogP contribution in [0.1, 0.15) is 50.7 Å². The number of carboxylic acids is 1. The maximum absolute atomic E-state index is 13.0. The Hall–Kier alpha value is -2.87. The van der Waals surface area contributed by atoms with Crippen LogP contribution in [-0.4, -0.2) is 53.2 Å². The van der Waals surface area contributed by atoms with E-state index in [0.717, 1.165) is 62.2 Å². The summed E-state index contributed by atoms with van der Waals surface area (Å²) in [6.07, 6.45) is 5.78. The molecule has 0 radical (unpaired) electrons. The normalized spacial score (nSPS) is 27.5. The Bertz CT molecular complexity index is 1150. The van der Waals surface area contributed by atoms with Crippen LogP contribution in [0, 0.1) is 11.8 Å². The number of hydrogen-bond donors (Lipinski definition) is 2. The third-order valence-corrected chi connectivity index (χ3v) is 7.83. The SMILES string of the molecule is CC(=O)O.CC(Oc1ccc2c3c(c(=O)oc2c1)CCCC3)C(=O)N1C[C@@H]2[C@H](C1)[C@@H]1CC[C@H]2N1. The first kappa shape index (κ1) is 22.9. The zero-order valence-corrected chi connectivity index (χ0v) is 19.7. The minimum atomic E-state index is -0.833. The van der Waals surface area contributed by atoms with E-state index >= 15 is 0 Å². The molecule has 6 rings (SSSR count). The summed E-state index contributed by atoms with van der Waals surface area (Å²) >= 11 is 0. The van der Waals surface area contributed by atoms with Crippen molar-refractivity contribution in [2.45, 2.75) is 70.6 Å². The second-order valence-electron chi connectivity index (χ2n) is 10.0. The average molecular weight is 469 g/mol. The van der Waals surface area contributed by atoms with Crippen molar-refractivity contribution < 1.29 is 23.8 Å². The monoisotopic (exact) mass is 468 g/mol. The fourth-order valence-electron chi connectivity index (χ4n) is 6.37. The standard InChI is InChI=1S/C24H28N2O4.C2H4O2/c1-13(23(27)26-11-18-19(12-26)21-9-8-20(18)25-21)29-14-6-7-16-15-4-2-3-5-17(15)24(28)30-22(16)10-14;1-2(3)4/h6-7,10,13,18-21,25H,2-5,8-9,11-12H2,1H3;1H3,(H,3,4)/t13?,18-,19+,20-,21+;. The van der Waals surface area contributed by atoms with Crippen molar-refractivity contribution in [3.8, 4) is 5.75 Å². The van der Waals surface area contributed by atoms with Crippen molar-refractivity contribution >= 4 is 22.8 Å². The molecule has 3 saturated heterocycles. The molecule has 0 saturated carbocycles. The molecule has 1 aromatic carbocycles. The second kappa shape index (κ2) is 9.06. The number of ether oxygens (including phenoxy) is 1. The van der Waals surface area contributed by atoms with Gasteiger partial charge in [-0.3, -0.25) is 9.59 Å². The quantitative estimate of drug-likeness (QED) is 0.667. The van der Waals surface area contributed by atoms with Crippen LogP contribution in [0.4, 0.5) is 0 Å². The highest BCUT2D eigenvalue weighted by atomic mass is 16.5. The zero-order valence-electron chi connectivity index (χ0n) is 19.7. The number of carboxylic acid groups (broad SMARTS) is 1. The Balaban J connectivity index is 0.000000560. The van der Waals surface area contributed by atoms with Gasteiger partial charge < -0.3 is 24.5 Å². The Morgan fingerprint density at radius 2 is 1.74 bits per heavy atom. The Morgan fingerprint density at radius 1 is 1.12 bits per heavy atom. The number of rotatable bonds is 3. The van der Waals surface area contributed by atoms with Crippen LogP contribution < -0.4 is 15.7 Å². The smallest absolute Gasteiger partial charge is 0.339 e. The molecule has 1 amide bonds. The molecule has 34 heavy (non-hydrogen) atoms. The number of nitrogens with zero attached hydrogens (tertiary/aromatic N) is 1. The van der Waals surface area contributed by atoms with Crippen LogP contribution in [0.25, 0.3) is 11.0 Å². The van der Waals surface area contributed by atoms with E-state index in [-0.39, 0.29) is 11.5 Å². The van der Waals surface area contributed by atoms with E-state index in [9.17, 15) is 9.59 Å². The molecule has 4 heterocycles. The van der Waals surface area contributed by atoms with E-state index in [1.165, 1.54) is 12.8 Å². The lowest BCUT2D eigenvalue weighted by Gasteiger charge is -2.23. The molecular formula is C26H32N2O6. The maximum Gasteiger partial charge on any atom is 0.339 e. The van der Waals surface area contributed by atoms with Crippen molar-refractivity contribution in [3.05, 3.63) is 39.7 Å². The van der Waals surface area contributed by atoms with Gasteiger partial charge in [-0.25, -0.2) is 4.79 Å². The number of aliphatic carboxylic acids is 1. The summed E-state index contributed by atoms with van der Waals surface area (Å²) < 4.78 is 11.6. The minimum Gasteiger partial charge on any atom is -0.481 e. The van der Waals surface area contributed by atoms with Gasteiger partial charge >= 0.3 is 5.63 Å². The van der Waals surface area contributed by atoms with E-state index < -0.39 is 12.1 Å². The number of nitrogens with one attached hydrogen (secondary N) is 1. The molecule has 1 aliphatic carbocycles. The Labute approximate surface area is 198 Å². The van der Waals surface area contributed by atoms with Crippen LogP contribution in [-0.2, 0) is 22.4 Å². The van der Waals surface area contributed by atoms with Gasteiger partial charge in [0, 0.05) is 49.1 Å². The van der Waals surface area contributed by atoms with Crippen molar-refractivity contribution in [2.75, 3.05) is 13.1 Å². The van der Waals surface area contributed by atoms with Crippen molar-refractivity contribution in [1.82, 2.24) is 10.2 Å². The van der Waals surface area contributed by atoms with Gasteiger partial charge in [-0.1, -0.05) is 0 Å². The van der Waals surface area contributed by atoms with Gasteiger partial charge in [0.2, 0.25) is 0 Å². The van der Waals surface area contributed by atoms with Crippen LogP contribution in [0.5, 0.6) is 5.75 Å². The largest absolute Gasteiger partial charge is 0.481 e. The molecule has 3 aliphatic heterocycles. The molecule has 4 aliphatic rings. The number of hydrogen-bond acceptors (Lipinski definition) is 6. The van der Waals surface area contributed by atoms with Crippen LogP contribution in [0.15, 0.2) is 27.4 Å². The van der Waals surface area contributed by atoms with Crippen molar-refractivity contribution in [3.63, 3.8) is 0 Å². The number of aryl methyl sites for hydroxylation is 1. The van der Waals surface area contributed by atoms with Gasteiger partial charge in [0.05, 0.1) is 0 Å². The van der Waals surface area contributed by atoms with Gasteiger partial charge in [-0.15, -0.1) is 0 Å². The van der Waals surface area contributed by atoms with Gasteiger partial charge in [-0.2, -0.15) is 0 Å². The summed E-state index contributed by atoms with van der Waals surface area (Å²) in [5.41, 5.74) is 2.27. The molecule has 0 spiro atoms. The van der Waals surface area contributed by atoms with Gasteiger partial charge in [-0.05, 0) is 75.0 Å². The summed E-state index contributed by atoms with van der Waals surface area (Å²) in [6.45, 7) is 4.57. The Kier molecular flexibility index (Phi) is 6.10. The Morgan fingerprint density at radius 3 is 2.38 bits per heavy atom. The van der Waals surface area contributed by atoms with Gasteiger partial charge in [0.1, 0.15) is 11.3 Å². The molecule has 1 unspecified atom stereocenters. The molecule has 8 heteroatoms. The molecule has 3 fully saturated rings. The highest BCUT2D eigenvalue weighted by Crippen LogP contribution is 2.43. The van der Waals surface area contributed by atoms with Crippen LogP contribution in [0.2, 0.25) is 0 Å². The lowest BCUT2D eigenvalue weighted by atomic mass is 9.82. The zero-order chi connectivity index (χ0) is 24.0. The van der Waals surface area contributed by atoms with Gasteiger partial charge in [0.15, 0.2) is 6.10 Å². The molecule has 2 N–H and O–H groups in total. The molecule has 182 valence electrons. The number of fused-ring (bicyclic) bond motifs is 8. The number of amides is 1. The predicted molar refractivity (Wildman–Crippen MR) is 126 cm³/mol. The van der Waals surface area contributed by atoms with Gasteiger partial charge in [0.25, 0.3) is 11.9 Å². The second-order valence-corrected chi connectivity index (χ2v) is 10.0. The first-order valence-electron chi connectivity index (χ1n) is 12.3. The van der Waals surface area contributed by atoms with Crippen LogP contribution in [0.3, 0.4) is 0 Å². The summed E-state index contributed by atoms with van der Waals surface area (Å²) in [5.74, 6) is 0.987. The molecular weight excluding hydrogens is 436 g/mol. The highest BCUT2D eigenvalue weighted by molar-refractivity contribution is 5.84. The number of carbonyl (C=O) groups is 2. The van der Waals surface area contributed by atoms with E-state index in [4.69, 9.17) is 19.1 Å².